The maximum Gasteiger partial charge on any atom is 0.354 e. The lowest BCUT2D eigenvalue weighted by Crippen LogP contribution is -2.03. The highest BCUT2D eigenvalue weighted by molar-refractivity contribution is 7.09. The van der Waals surface area contributed by atoms with Crippen LogP contribution in [0.5, 0.6) is 0 Å². The predicted molar refractivity (Wildman–Crippen MR) is 60.6 cm³/mol. The molecule has 0 fully saturated rings. The minimum absolute atomic E-state index is 0.0364. The summed E-state index contributed by atoms with van der Waals surface area (Å²) in [4.78, 5) is 19.5. The van der Waals surface area contributed by atoms with Crippen molar-refractivity contribution < 1.29 is 9.90 Å². The van der Waals surface area contributed by atoms with Crippen molar-refractivity contribution in [2.75, 3.05) is 5.32 Å². The Hall–Kier alpha value is -1.95. The van der Waals surface area contributed by atoms with E-state index < -0.39 is 5.97 Å². The van der Waals surface area contributed by atoms with Gasteiger partial charge >= 0.3 is 5.97 Å². The average Bonchev–Trinajstić information content (AvgIpc) is 2.79. The highest BCUT2D eigenvalue weighted by atomic mass is 32.1. The van der Waals surface area contributed by atoms with Gasteiger partial charge in [-0.1, -0.05) is 0 Å². The molecule has 6 heteroatoms. The van der Waals surface area contributed by atoms with E-state index in [2.05, 4.69) is 15.3 Å². The number of nitrogens with one attached hydrogen (secondary N) is 1. The van der Waals surface area contributed by atoms with Crippen LogP contribution in [-0.2, 0) is 6.54 Å². The third-order valence-electron chi connectivity index (χ3n) is 1.93. The van der Waals surface area contributed by atoms with Gasteiger partial charge in [0.1, 0.15) is 5.69 Å². The van der Waals surface area contributed by atoms with Gasteiger partial charge in [-0.15, -0.1) is 11.3 Å². The van der Waals surface area contributed by atoms with Crippen LogP contribution in [0.25, 0.3) is 0 Å². The second kappa shape index (κ2) is 4.71. The van der Waals surface area contributed by atoms with Crippen LogP contribution in [0.15, 0.2) is 30.0 Å². The fraction of sp³-hybridized carbons (Fsp3) is 0.100. The van der Waals surface area contributed by atoms with Crippen LogP contribution >= 0.6 is 11.3 Å². The molecule has 2 rings (SSSR count). The summed E-state index contributed by atoms with van der Waals surface area (Å²) in [5.41, 5.74) is 2.53. The molecule has 0 amide bonds. The van der Waals surface area contributed by atoms with Gasteiger partial charge in [-0.25, -0.2) is 9.78 Å². The topological polar surface area (TPSA) is 75.1 Å². The van der Waals surface area contributed by atoms with Crippen molar-refractivity contribution >= 4 is 23.0 Å². The summed E-state index contributed by atoms with van der Waals surface area (Å²) in [6.45, 7) is 0.633. The van der Waals surface area contributed by atoms with Gasteiger partial charge < -0.3 is 10.4 Å². The molecule has 2 N–H and O–H groups in total. The maximum absolute atomic E-state index is 10.7. The van der Waals surface area contributed by atoms with Gasteiger partial charge in [-0.05, 0) is 12.1 Å². The van der Waals surface area contributed by atoms with E-state index in [1.54, 1.807) is 29.1 Å². The summed E-state index contributed by atoms with van der Waals surface area (Å²) in [6.07, 6.45) is 3.25. The van der Waals surface area contributed by atoms with Crippen LogP contribution in [0.2, 0.25) is 0 Å². The lowest BCUT2D eigenvalue weighted by atomic mass is 10.3. The molecule has 0 bridgehead atoms. The van der Waals surface area contributed by atoms with Crippen molar-refractivity contribution in [2.45, 2.75) is 6.54 Å². The Morgan fingerprint density at radius 3 is 3.12 bits per heavy atom. The smallest absolute Gasteiger partial charge is 0.354 e. The van der Waals surface area contributed by atoms with Crippen molar-refractivity contribution in [2.24, 2.45) is 0 Å². The Balaban J connectivity index is 2.04. The van der Waals surface area contributed by atoms with Crippen LogP contribution in [0, 0.1) is 0 Å². The largest absolute Gasteiger partial charge is 0.477 e. The Morgan fingerprint density at radius 1 is 1.56 bits per heavy atom. The number of thiazole rings is 1. The van der Waals surface area contributed by atoms with E-state index in [1.807, 2.05) is 0 Å². The van der Waals surface area contributed by atoms with E-state index in [9.17, 15) is 4.79 Å². The first-order valence-electron chi connectivity index (χ1n) is 4.56. The molecule has 0 aliphatic rings. The van der Waals surface area contributed by atoms with Crippen LogP contribution in [-0.4, -0.2) is 21.0 Å². The zero-order chi connectivity index (χ0) is 11.4. The van der Waals surface area contributed by atoms with Gasteiger partial charge in [0, 0.05) is 23.0 Å². The van der Waals surface area contributed by atoms with E-state index in [1.165, 1.54) is 12.3 Å². The number of pyridine rings is 1. The fourth-order valence-electron chi connectivity index (χ4n) is 1.18. The standard InChI is InChI=1S/C10H9N3O2S/c14-10(15)9-3-7(1-2-12-9)13-5-8-4-11-6-16-8/h1-4,6H,5H2,(H,12,13)(H,14,15). The highest BCUT2D eigenvalue weighted by Crippen LogP contribution is 2.12. The summed E-state index contributed by atoms with van der Waals surface area (Å²) < 4.78 is 0. The highest BCUT2D eigenvalue weighted by Gasteiger charge is 2.04. The summed E-state index contributed by atoms with van der Waals surface area (Å²) in [5, 5.41) is 11.9. The van der Waals surface area contributed by atoms with Crippen molar-refractivity contribution in [3.63, 3.8) is 0 Å². The van der Waals surface area contributed by atoms with E-state index in [0.29, 0.717) is 6.54 Å². The second-order valence-corrected chi connectivity index (χ2v) is 4.03. The SMILES string of the molecule is O=C(O)c1cc(NCc2cncs2)ccn1. The van der Waals surface area contributed by atoms with Crippen LogP contribution in [0.3, 0.4) is 0 Å². The van der Waals surface area contributed by atoms with Crippen LogP contribution in [0.1, 0.15) is 15.4 Å². The van der Waals surface area contributed by atoms with E-state index in [4.69, 9.17) is 5.11 Å². The Labute approximate surface area is 95.8 Å². The van der Waals surface area contributed by atoms with Gasteiger partial charge in [0.15, 0.2) is 0 Å². The zero-order valence-corrected chi connectivity index (χ0v) is 9.07. The number of hydrogen-bond acceptors (Lipinski definition) is 5. The minimum atomic E-state index is -1.03. The summed E-state index contributed by atoms with van der Waals surface area (Å²) in [5.74, 6) is -1.03. The van der Waals surface area contributed by atoms with Crippen molar-refractivity contribution in [3.05, 3.63) is 40.6 Å². The fourth-order valence-corrected chi connectivity index (χ4v) is 1.71. The number of aromatic carboxylic acids is 1. The maximum atomic E-state index is 10.7. The van der Waals surface area contributed by atoms with Gasteiger partial charge in [0.05, 0.1) is 12.1 Å². The van der Waals surface area contributed by atoms with E-state index >= 15 is 0 Å². The van der Waals surface area contributed by atoms with Crippen molar-refractivity contribution in [3.8, 4) is 0 Å². The van der Waals surface area contributed by atoms with Gasteiger partial charge in [0.25, 0.3) is 0 Å². The summed E-state index contributed by atoms with van der Waals surface area (Å²) in [6, 6.07) is 3.23. The second-order valence-electron chi connectivity index (χ2n) is 3.06. The van der Waals surface area contributed by atoms with Crippen LogP contribution in [0.4, 0.5) is 5.69 Å². The molecule has 16 heavy (non-hydrogen) atoms. The third-order valence-corrected chi connectivity index (χ3v) is 2.71. The number of aromatic nitrogens is 2. The molecule has 82 valence electrons. The molecule has 2 aromatic rings. The third kappa shape index (κ3) is 2.54. The molecule has 0 unspecified atom stereocenters. The molecule has 0 aromatic carbocycles. The first-order chi connectivity index (χ1) is 7.75. The lowest BCUT2D eigenvalue weighted by Gasteiger charge is -2.04. The molecule has 0 saturated heterocycles. The van der Waals surface area contributed by atoms with Crippen molar-refractivity contribution in [1.29, 1.82) is 0 Å². The molecule has 5 nitrogen and oxygen atoms in total. The molecule has 2 aromatic heterocycles. The molecule has 2 heterocycles. The first kappa shape index (κ1) is 10.6. The number of carbonyl (C=O) groups is 1. The van der Waals surface area contributed by atoms with Gasteiger partial charge in [0.2, 0.25) is 0 Å². The molecule has 0 aliphatic carbocycles. The number of carboxylic acid groups (broad SMARTS) is 1. The monoisotopic (exact) mass is 235 g/mol. The first-order valence-corrected chi connectivity index (χ1v) is 5.44. The quantitative estimate of drug-likeness (QED) is 0.845. The number of hydrogen-bond donors (Lipinski definition) is 2. The van der Waals surface area contributed by atoms with Crippen molar-refractivity contribution in [1.82, 2.24) is 9.97 Å². The zero-order valence-electron chi connectivity index (χ0n) is 8.25. The predicted octanol–water partition coefficient (Wildman–Crippen LogP) is 1.85. The summed E-state index contributed by atoms with van der Waals surface area (Å²) >= 11 is 1.55. The number of rotatable bonds is 4. The average molecular weight is 235 g/mol. The Kier molecular flexibility index (Phi) is 3.11. The number of carboxylic acids is 1. The molecular formula is C10H9N3O2S. The minimum Gasteiger partial charge on any atom is -0.477 e. The molecular weight excluding hydrogens is 226 g/mol. The Morgan fingerprint density at radius 2 is 2.44 bits per heavy atom. The molecule has 0 spiro atoms. The lowest BCUT2D eigenvalue weighted by molar-refractivity contribution is 0.0690. The molecule has 0 aliphatic heterocycles. The molecule has 0 saturated carbocycles. The van der Waals surface area contributed by atoms with E-state index in [-0.39, 0.29) is 5.69 Å². The van der Waals surface area contributed by atoms with E-state index in [0.717, 1.165) is 10.6 Å². The van der Waals surface area contributed by atoms with Crippen LogP contribution < -0.4 is 5.32 Å². The van der Waals surface area contributed by atoms with Gasteiger partial charge in [-0.2, -0.15) is 0 Å². The molecule has 0 atom stereocenters. The molecule has 0 radical (unpaired) electrons. The normalized spacial score (nSPS) is 10.0. The number of anilines is 1. The Bertz CT molecular complexity index is 485. The summed E-state index contributed by atoms with van der Waals surface area (Å²) in [7, 11) is 0. The number of nitrogens with zero attached hydrogens (tertiary/aromatic N) is 2. The van der Waals surface area contributed by atoms with Gasteiger partial charge in [-0.3, -0.25) is 4.98 Å².